The van der Waals surface area contributed by atoms with Crippen LogP contribution in [0.25, 0.3) is 21.8 Å². The monoisotopic (exact) mass is 447 g/mol. The highest BCUT2D eigenvalue weighted by atomic mass is 16.6. The Kier molecular flexibility index (Phi) is 5.68. The average molecular weight is 447 g/mol. The van der Waals surface area contributed by atoms with Crippen LogP contribution in [0.1, 0.15) is 36.7 Å². The standard InChI is InChI=1S/C25H25N3O5/c1-25(2,3)33-24(32)28(22(29)18-14-27-20-11-7-5-9-17(18)20)21(23(30)31)12-15-13-26-19-10-6-4-8-16(15)19/h4-11,13-14,21,26-27H,12H2,1-3H3,(H,30,31)/t21-/m0/s1. The SMILES string of the molecule is CC(C)(C)OC(=O)N(C(=O)c1c[nH]c2ccccc12)[C@@H](Cc1c[nH]c2ccccc12)C(=O)O. The Bertz CT molecular complexity index is 1340. The number of nitrogens with zero attached hydrogens (tertiary/aromatic N) is 1. The highest BCUT2D eigenvalue weighted by Crippen LogP contribution is 2.25. The number of hydrogen-bond acceptors (Lipinski definition) is 4. The van der Waals surface area contributed by atoms with E-state index in [1.807, 2.05) is 30.3 Å². The smallest absolute Gasteiger partial charge is 0.418 e. The van der Waals surface area contributed by atoms with Crippen molar-refractivity contribution in [1.29, 1.82) is 0 Å². The summed E-state index contributed by atoms with van der Waals surface area (Å²) in [5, 5.41) is 11.5. The van der Waals surface area contributed by atoms with Crippen molar-refractivity contribution in [2.75, 3.05) is 0 Å². The molecule has 0 aliphatic carbocycles. The number of hydrogen-bond donors (Lipinski definition) is 3. The maximum Gasteiger partial charge on any atom is 0.418 e. The fraction of sp³-hybridized carbons (Fsp3) is 0.240. The van der Waals surface area contributed by atoms with Gasteiger partial charge in [0, 0.05) is 40.6 Å². The van der Waals surface area contributed by atoms with Crippen LogP contribution >= 0.6 is 0 Å². The first-order valence-corrected chi connectivity index (χ1v) is 10.6. The molecule has 2 amide bonds. The molecule has 0 aliphatic rings. The van der Waals surface area contributed by atoms with Gasteiger partial charge in [0.1, 0.15) is 11.6 Å². The first-order chi connectivity index (χ1) is 15.7. The lowest BCUT2D eigenvalue weighted by Crippen LogP contribution is -2.51. The molecule has 0 aliphatic heterocycles. The number of rotatable bonds is 5. The molecule has 3 N–H and O–H groups in total. The van der Waals surface area contributed by atoms with Gasteiger partial charge >= 0.3 is 12.1 Å². The predicted octanol–water partition coefficient (Wildman–Crippen LogP) is 4.72. The third-order valence-corrected chi connectivity index (χ3v) is 5.31. The largest absolute Gasteiger partial charge is 0.480 e. The summed E-state index contributed by atoms with van der Waals surface area (Å²) < 4.78 is 5.45. The molecular formula is C25H25N3O5. The van der Waals surface area contributed by atoms with Crippen LogP contribution in [-0.2, 0) is 16.0 Å². The summed E-state index contributed by atoms with van der Waals surface area (Å²) in [5.74, 6) is -2.05. The molecule has 2 aromatic carbocycles. The van der Waals surface area contributed by atoms with Crippen molar-refractivity contribution in [3.8, 4) is 0 Å². The van der Waals surface area contributed by atoms with Gasteiger partial charge in [0.25, 0.3) is 5.91 Å². The minimum Gasteiger partial charge on any atom is -0.480 e. The molecule has 0 radical (unpaired) electrons. The highest BCUT2D eigenvalue weighted by molar-refractivity contribution is 6.12. The summed E-state index contributed by atoms with van der Waals surface area (Å²) in [6.45, 7) is 4.98. The average Bonchev–Trinajstić information content (AvgIpc) is 3.36. The Balaban J connectivity index is 1.78. The molecule has 0 fully saturated rings. The number of aliphatic carboxylic acids is 1. The Labute approximate surface area is 190 Å². The molecule has 8 nitrogen and oxygen atoms in total. The van der Waals surface area contributed by atoms with E-state index in [2.05, 4.69) is 9.97 Å². The van der Waals surface area contributed by atoms with Crippen LogP contribution in [0, 0.1) is 0 Å². The number of carboxylic acid groups (broad SMARTS) is 1. The number of ether oxygens (including phenoxy) is 1. The van der Waals surface area contributed by atoms with Gasteiger partial charge in [0.15, 0.2) is 0 Å². The predicted molar refractivity (Wildman–Crippen MR) is 124 cm³/mol. The summed E-state index contributed by atoms with van der Waals surface area (Å²) in [6, 6.07) is 13.1. The van der Waals surface area contributed by atoms with E-state index in [4.69, 9.17) is 4.74 Å². The van der Waals surface area contributed by atoms with Crippen LogP contribution in [0.5, 0.6) is 0 Å². The maximum atomic E-state index is 13.6. The molecule has 170 valence electrons. The van der Waals surface area contributed by atoms with Gasteiger partial charge < -0.3 is 19.8 Å². The molecule has 2 heterocycles. The molecular weight excluding hydrogens is 422 g/mol. The third kappa shape index (κ3) is 4.45. The number of aromatic amines is 2. The number of fused-ring (bicyclic) bond motifs is 2. The summed E-state index contributed by atoms with van der Waals surface area (Å²) in [6.07, 6.45) is 2.09. The van der Waals surface area contributed by atoms with Crippen LogP contribution in [0.2, 0.25) is 0 Å². The molecule has 2 aromatic heterocycles. The van der Waals surface area contributed by atoms with Gasteiger partial charge in [-0.05, 0) is 38.5 Å². The molecule has 0 spiro atoms. The van der Waals surface area contributed by atoms with E-state index >= 15 is 0 Å². The van der Waals surface area contributed by atoms with Crippen LogP contribution in [0.3, 0.4) is 0 Å². The summed E-state index contributed by atoms with van der Waals surface area (Å²) in [5.41, 5.74) is 1.50. The Hall–Kier alpha value is -4.07. The van der Waals surface area contributed by atoms with Gasteiger partial charge in [-0.2, -0.15) is 0 Å². The zero-order chi connectivity index (χ0) is 23.8. The topological polar surface area (TPSA) is 115 Å². The van der Waals surface area contributed by atoms with E-state index in [0.29, 0.717) is 21.4 Å². The molecule has 33 heavy (non-hydrogen) atoms. The zero-order valence-corrected chi connectivity index (χ0v) is 18.6. The molecule has 8 heteroatoms. The number of benzene rings is 2. The molecule has 0 saturated carbocycles. The number of carbonyl (C=O) groups is 3. The zero-order valence-electron chi connectivity index (χ0n) is 18.6. The van der Waals surface area contributed by atoms with Crippen molar-refractivity contribution in [3.63, 3.8) is 0 Å². The van der Waals surface area contributed by atoms with Gasteiger partial charge in [-0.1, -0.05) is 36.4 Å². The third-order valence-electron chi connectivity index (χ3n) is 5.31. The van der Waals surface area contributed by atoms with Crippen molar-refractivity contribution in [2.45, 2.75) is 38.8 Å². The molecule has 4 rings (SSSR count). The van der Waals surface area contributed by atoms with E-state index in [-0.39, 0.29) is 12.0 Å². The number of imide groups is 1. The second kappa shape index (κ2) is 8.46. The lowest BCUT2D eigenvalue weighted by Gasteiger charge is -2.30. The van der Waals surface area contributed by atoms with Crippen molar-refractivity contribution < 1.29 is 24.2 Å². The quantitative estimate of drug-likeness (QED) is 0.409. The summed E-state index contributed by atoms with van der Waals surface area (Å²) in [7, 11) is 0. The van der Waals surface area contributed by atoms with Crippen molar-refractivity contribution in [2.24, 2.45) is 0 Å². The Morgan fingerprint density at radius 3 is 2.15 bits per heavy atom. The van der Waals surface area contributed by atoms with Crippen LogP contribution in [-0.4, -0.2) is 49.6 Å². The van der Waals surface area contributed by atoms with Gasteiger partial charge in [0.2, 0.25) is 0 Å². The van der Waals surface area contributed by atoms with E-state index < -0.39 is 29.6 Å². The van der Waals surface area contributed by atoms with E-state index in [1.54, 1.807) is 45.2 Å². The molecule has 0 bridgehead atoms. The van der Waals surface area contributed by atoms with Crippen LogP contribution in [0.15, 0.2) is 60.9 Å². The summed E-state index contributed by atoms with van der Waals surface area (Å²) in [4.78, 5) is 46.0. The maximum absolute atomic E-state index is 13.6. The minimum atomic E-state index is -1.47. The van der Waals surface area contributed by atoms with E-state index in [9.17, 15) is 19.5 Å². The fourth-order valence-electron chi connectivity index (χ4n) is 3.84. The first kappa shape index (κ1) is 22.1. The van der Waals surface area contributed by atoms with E-state index in [0.717, 1.165) is 10.9 Å². The fourth-order valence-corrected chi connectivity index (χ4v) is 3.84. The Morgan fingerprint density at radius 2 is 1.52 bits per heavy atom. The van der Waals surface area contributed by atoms with Gasteiger partial charge in [0.05, 0.1) is 5.56 Å². The van der Waals surface area contributed by atoms with Crippen molar-refractivity contribution >= 4 is 39.8 Å². The molecule has 0 unspecified atom stereocenters. The highest BCUT2D eigenvalue weighted by Gasteiger charge is 2.39. The number of para-hydroxylation sites is 2. The van der Waals surface area contributed by atoms with Gasteiger partial charge in [-0.15, -0.1) is 0 Å². The van der Waals surface area contributed by atoms with Crippen molar-refractivity contribution in [1.82, 2.24) is 14.9 Å². The van der Waals surface area contributed by atoms with Crippen LogP contribution < -0.4 is 0 Å². The van der Waals surface area contributed by atoms with Gasteiger partial charge in [-0.3, -0.25) is 4.79 Å². The number of carboxylic acids is 1. The minimum absolute atomic E-state index is 0.0767. The molecule has 0 saturated heterocycles. The first-order valence-electron chi connectivity index (χ1n) is 10.6. The summed E-state index contributed by atoms with van der Waals surface area (Å²) >= 11 is 0. The van der Waals surface area contributed by atoms with E-state index in [1.165, 1.54) is 6.20 Å². The van der Waals surface area contributed by atoms with Gasteiger partial charge in [-0.25, -0.2) is 14.5 Å². The second-order valence-corrected chi connectivity index (χ2v) is 8.82. The number of H-pyrrole nitrogens is 2. The second-order valence-electron chi connectivity index (χ2n) is 8.82. The van der Waals surface area contributed by atoms with Crippen molar-refractivity contribution in [3.05, 3.63) is 72.1 Å². The molecule has 4 aromatic rings. The number of aromatic nitrogens is 2. The lowest BCUT2D eigenvalue weighted by atomic mass is 10.0. The number of amides is 2. The lowest BCUT2D eigenvalue weighted by molar-refractivity contribution is -0.142. The number of nitrogens with one attached hydrogen (secondary N) is 2. The number of carbonyl (C=O) groups excluding carboxylic acids is 2. The molecule has 1 atom stereocenters. The normalized spacial score (nSPS) is 12.6. The Morgan fingerprint density at radius 1 is 0.939 bits per heavy atom. The van der Waals surface area contributed by atoms with Crippen LogP contribution in [0.4, 0.5) is 4.79 Å².